The second-order valence-electron chi connectivity index (χ2n) is 7.15. The lowest BCUT2D eigenvalue weighted by Gasteiger charge is -2.32. The maximum absolute atomic E-state index is 12.6. The summed E-state index contributed by atoms with van der Waals surface area (Å²) in [6.45, 7) is 8.73. The molecule has 0 heterocycles. The van der Waals surface area contributed by atoms with E-state index >= 15 is 0 Å². The van der Waals surface area contributed by atoms with E-state index in [1.165, 1.54) is 0 Å². The number of unbranched alkanes of at least 4 members (excludes halogenated alkanes) is 2. The van der Waals surface area contributed by atoms with Gasteiger partial charge >= 0.3 is 0 Å². The van der Waals surface area contributed by atoms with Gasteiger partial charge < -0.3 is 5.11 Å². The predicted octanol–water partition coefficient (Wildman–Crippen LogP) is 3.57. The molecule has 2 saturated carbocycles. The van der Waals surface area contributed by atoms with Crippen molar-refractivity contribution in [1.82, 2.24) is 0 Å². The molecule has 0 aromatic carbocycles. The average molecular weight is 252 g/mol. The van der Waals surface area contributed by atoms with Crippen molar-refractivity contribution in [2.45, 2.75) is 72.3 Å². The molecule has 2 heteroatoms. The van der Waals surface area contributed by atoms with Crippen molar-refractivity contribution in [1.29, 1.82) is 0 Å². The lowest BCUT2D eigenvalue weighted by atomic mass is 9.70. The Morgan fingerprint density at radius 2 is 2.00 bits per heavy atom. The summed E-state index contributed by atoms with van der Waals surface area (Å²) in [7, 11) is 0. The summed E-state index contributed by atoms with van der Waals surface area (Å²) >= 11 is 0. The van der Waals surface area contributed by atoms with Crippen LogP contribution in [0, 0.1) is 22.7 Å². The van der Waals surface area contributed by atoms with E-state index in [1.807, 2.05) is 0 Å². The molecule has 0 saturated heterocycles. The van der Waals surface area contributed by atoms with Crippen LogP contribution >= 0.6 is 0 Å². The van der Waals surface area contributed by atoms with Gasteiger partial charge in [0.05, 0.1) is 6.10 Å². The number of carbonyl (C=O) groups excluding carboxylic acids is 1. The fourth-order valence-corrected chi connectivity index (χ4v) is 4.38. The Hall–Kier alpha value is -0.370. The van der Waals surface area contributed by atoms with Gasteiger partial charge in [0.1, 0.15) is 5.78 Å². The summed E-state index contributed by atoms with van der Waals surface area (Å²) < 4.78 is 0. The SMILES string of the molecule is CCCCCC(O)C1C(=O)C2(C)CCC1C2(C)C. The van der Waals surface area contributed by atoms with Crippen LogP contribution < -0.4 is 0 Å². The first-order chi connectivity index (χ1) is 8.36. The zero-order valence-corrected chi connectivity index (χ0v) is 12.3. The molecule has 1 N–H and O–H groups in total. The first-order valence-corrected chi connectivity index (χ1v) is 7.58. The van der Waals surface area contributed by atoms with E-state index < -0.39 is 6.10 Å². The van der Waals surface area contributed by atoms with Gasteiger partial charge in [0, 0.05) is 11.3 Å². The number of Topliss-reactive ketones (excluding diaryl/α,β-unsaturated/α-hetero) is 1. The van der Waals surface area contributed by atoms with Crippen molar-refractivity contribution < 1.29 is 9.90 Å². The largest absolute Gasteiger partial charge is 0.392 e. The van der Waals surface area contributed by atoms with Gasteiger partial charge in [-0.25, -0.2) is 0 Å². The summed E-state index contributed by atoms with van der Waals surface area (Å²) in [6.07, 6.45) is 5.89. The van der Waals surface area contributed by atoms with Crippen molar-refractivity contribution in [3.63, 3.8) is 0 Å². The minimum Gasteiger partial charge on any atom is -0.392 e. The summed E-state index contributed by atoms with van der Waals surface area (Å²) in [5.74, 6) is 0.648. The van der Waals surface area contributed by atoms with Crippen molar-refractivity contribution >= 4 is 5.78 Å². The van der Waals surface area contributed by atoms with E-state index in [-0.39, 0.29) is 16.7 Å². The number of rotatable bonds is 5. The Balaban J connectivity index is 2.10. The van der Waals surface area contributed by atoms with Gasteiger partial charge in [-0.2, -0.15) is 0 Å². The van der Waals surface area contributed by atoms with Crippen molar-refractivity contribution in [3.05, 3.63) is 0 Å². The molecule has 104 valence electrons. The molecule has 0 amide bonds. The Labute approximate surface area is 111 Å². The Morgan fingerprint density at radius 3 is 2.50 bits per heavy atom. The molecule has 0 radical (unpaired) electrons. The zero-order valence-electron chi connectivity index (χ0n) is 12.3. The molecule has 0 spiro atoms. The molecule has 0 aromatic heterocycles. The van der Waals surface area contributed by atoms with Crippen LogP contribution in [-0.2, 0) is 4.79 Å². The Bertz CT molecular complexity index is 334. The third-order valence-corrected chi connectivity index (χ3v) is 6.10. The van der Waals surface area contributed by atoms with E-state index in [4.69, 9.17) is 0 Å². The quantitative estimate of drug-likeness (QED) is 0.759. The van der Waals surface area contributed by atoms with Crippen molar-refractivity contribution in [3.8, 4) is 0 Å². The lowest BCUT2D eigenvalue weighted by molar-refractivity contribution is -0.135. The molecule has 18 heavy (non-hydrogen) atoms. The smallest absolute Gasteiger partial charge is 0.145 e. The predicted molar refractivity (Wildman–Crippen MR) is 73.3 cm³/mol. The number of hydrogen-bond acceptors (Lipinski definition) is 2. The molecule has 4 atom stereocenters. The third-order valence-electron chi connectivity index (χ3n) is 6.10. The molecule has 0 aromatic rings. The number of carbonyl (C=O) groups is 1. The summed E-state index contributed by atoms with van der Waals surface area (Å²) in [6, 6.07) is 0. The minimum absolute atomic E-state index is 0.0699. The molecule has 4 unspecified atom stereocenters. The van der Waals surface area contributed by atoms with Gasteiger partial charge in [0.25, 0.3) is 0 Å². The Kier molecular flexibility index (Phi) is 3.61. The van der Waals surface area contributed by atoms with Gasteiger partial charge in [-0.3, -0.25) is 4.79 Å². The van der Waals surface area contributed by atoms with Crippen molar-refractivity contribution in [2.24, 2.45) is 22.7 Å². The number of fused-ring (bicyclic) bond motifs is 2. The molecule has 2 bridgehead atoms. The highest BCUT2D eigenvalue weighted by Crippen LogP contribution is 2.66. The standard InChI is InChI=1S/C16H28O2/c1-5-6-7-8-12(17)13-11-9-10-16(4,14(13)18)15(11,2)3/h11-13,17H,5-10H2,1-4H3. The number of aliphatic hydroxyl groups is 1. The van der Waals surface area contributed by atoms with Crippen LogP contribution in [0.5, 0.6) is 0 Å². The summed E-state index contributed by atoms with van der Waals surface area (Å²) in [4.78, 5) is 12.6. The molecule has 0 aliphatic heterocycles. The van der Waals surface area contributed by atoms with E-state index in [1.54, 1.807) is 0 Å². The summed E-state index contributed by atoms with van der Waals surface area (Å²) in [5.41, 5.74) is -0.117. The van der Waals surface area contributed by atoms with Crippen LogP contribution in [0.25, 0.3) is 0 Å². The molecule has 2 rings (SSSR count). The molecule has 2 aliphatic carbocycles. The maximum atomic E-state index is 12.6. The molecule has 2 nitrogen and oxygen atoms in total. The van der Waals surface area contributed by atoms with E-state index in [2.05, 4.69) is 27.7 Å². The summed E-state index contributed by atoms with van der Waals surface area (Å²) in [5, 5.41) is 10.4. The second-order valence-corrected chi connectivity index (χ2v) is 7.15. The first-order valence-electron chi connectivity index (χ1n) is 7.58. The average Bonchev–Trinajstić information content (AvgIpc) is 2.61. The minimum atomic E-state index is -0.407. The van der Waals surface area contributed by atoms with Crippen molar-refractivity contribution in [2.75, 3.05) is 0 Å². The van der Waals surface area contributed by atoms with Gasteiger partial charge in [-0.1, -0.05) is 47.0 Å². The van der Waals surface area contributed by atoms with E-state index in [0.717, 1.165) is 38.5 Å². The van der Waals surface area contributed by atoms with Crippen LogP contribution in [0.1, 0.15) is 66.2 Å². The topological polar surface area (TPSA) is 37.3 Å². The fraction of sp³-hybridized carbons (Fsp3) is 0.938. The van der Waals surface area contributed by atoms with Crippen LogP contribution in [0.4, 0.5) is 0 Å². The first kappa shape index (κ1) is 14.0. The highest BCUT2D eigenvalue weighted by molar-refractivity contribution is 5.92. The highest BCUT2D eigenvalue weighted by Gasteiger charge is 2.67. The normalized spacial score (nSPS) is 39.3. The number of aliphatic hydroxyl groups excluding tert-OH is 1. The van der Waals surface area contributed by atoms with Crippen LogP contribution in [0.3, 0.4) is 0 Å². The Morgan fingerprint density at radius 1 is 1.33 bits per heavy atom. The van der Waals surface area contributed by atoms with Gasteiger partial charge in [-0.15, -0.1) is 0 Å². The fourth-order valence-electron chi connectivity index (χ4n) is 4.38. The van der Waals surface area contributed by atoms with E-state index in [0.29, 0.717) is 11.7 Å². The van der Waals surface area contributed by atoms with Gasteiger partial charge in [0.2, 0.25) is 0 Å². The maximum Gasteiger partial charge on any atom is 0.145 e. The zero-order chi connectivity index (χ0) is 13.6. The van der Waals surface area contributed by atoms with E-state index in [9.17, 15) is 9.90 Å². The highest BCUT2D eigenvalue weighted by atomic mass is 16.3. The third kappa shape index (κ3) is 1.76. The van der Waals surface area contributed by atoms with Crippen LogP contribution in [0.15, 0.2) is 0 Å². The molecular formula is C16H28O2. The molecule has 2 fully saturated rings. The lowest BCUT2D eigenvalue weighted by Crippen LogP contribution is -2.37. The number of ketones is 1. The second kappa shape index (κ2) is 4.63. The van der Waals surface area contributed by atoms with Gasteiger partial charge in [0.15, 0.2) is 0 Å². The van der Waals surface area contributed by atoms with Crippen LogP contribution in [0.2, 0.25) is 0 Å². The van der Waals surface area contributed by atoms with Gasteiger partial charge in [-0.05, 0) is 30.6 Å². The molecular weight excluding hydrogens is 224 g/mol. The monoisotopic (exact) mass is 252 g/mol. The molecule has 2 aliphatic rings. The van der Waals surface area contributed by atoms with Crippen LogP contribution in [-0.4, -0.2) is 17.0 Å². The number of hydrogen-bond donors (Lipinski definition) is 1.